The van der Waals surface area contributed by atoms with E-state index < -0.39 is 6.10 Å². The molecular formula is C12H17BrN2O2. The van der Waals surface area contributed by atoms with Crippen molar-refractivity contribution in [2.24, 2.45) is 5.73 Å². The van der Waals surface area contributed by atoms with Crippen molar-refractivity contribution in [3.05, 3.63) is 34.3 Å². The number of primary amides is 1. The van der Waals surface area contributed by atoms with E-state index in [4.69, 9.17) is 5.73 Å². The number of carbonyl (C=O) groups excluding carboxylic acids is 1. The van der Waals surface area contributed by atoms with Crippen LogP contribution in [-0.2, 0) is 4.79 Å². The average Bonchev–Trinajstić information content (AvgIpc) is 2.25. The van der Waals surface area contributed by atoms with Crippen LogP contribution >= 0.6 is 15.9 Å². The van der Waals surface area contributed by atoms with E-state index in [0.717, 1.165) is 10.0 Å². The lowest BCUT2D eigenvalue weighted by atomic mass is 10.1. The van der Waals surface area contributed by atoms with E-state index in [0.29, 0.717) is 6.54 Å². The van der Waals surface area contributed by atoms with Gasteiger partial charge in [0, 0.05) is 23.5 Å². The Balaban J connectivity index is 2.44. The number of rotatable bonds is 6. The van der Waals surface area contributed by atoms with E-state index in [-0.39, 0.29) is 18.4 Å². The maximum atomic E-state index is 10.7. The molecule has 0 heterocycles. The highest BCUT2D eigenvalue weighted by Crippen LogP contribution is 2.17. The quantitative estimate of drug-likeness (QED) is 0.742. The van der Waals surface area contributed by atoms with Gasteiger partial charge in [-0.1, -0.05) is 28.1 Å². The predicted octanol–water partition coefficient (Wildman–Crippen LogP) is 1.34. The summed E-state index contributed by atoms with van der Waals surface area (Å²) in [6.45, 7) is 2.25. The largest absolute Gasteiger partial charge is 0.387 e. The Morgan fingerprint density at radius 1 is 1.59 bits per heavy atom. The van der Waals surface area contributed by atoms with Crippen molar-refractivity contribution >= 4 is 21.8 Å². The highest BCUT2D eigenvalue weighted by Gasteiger charge is 2.10. The fourth-order valence-electron chi connectivity index (χ4n) is 1.52. The van der Waals surface area contributed by atoms with Crippen LogP contribution in [0.1, 0.15) is 25.0 Å². The summed E-state index contributed by atoms with van der Waals surface area (Å²) in [6, 6.07) is 7.46. The predicted molar refractivity (Wildman–Crippen MR) is 70.4 cm³/mol. The van der Waals surface area contributed by atoms with E-state index in [1.165, 1.54) is 0 Å². The second kappa shape index (κ2) is 6.74. The molecule has 5 heteroatoms. The average molecular weight is 301 g/mol. The number of carbonyl (C=O) groups is 1. The minimum Gasteiger partial charge on any atom is -0.387 e. The van der Waals surface area contributed by atoms with Crippen LogP contribution < -0.4 is 11.1 Å². The van der Waals surface area contributed by atoms with Crippen molar-refractivity contribution in [2.45, 2.75) is 25.5 Å². The number of aliphatic hydroxyl groups excluding tert-OH is 1. The number of amides is 1. The van der Waals surface area contributed by atoms with Gasteiger partial charge in [0.1, 0.15) is 0 Å². The lowest BCUT2D eigenvalue weighted by Crippen LogP contribution is -2.33. The number of nitrogens with two attached hydrogens (primary N) is 1. The van der Waals surface area contributed by atoms with Gasteiger partial charge in [-0.25, -0.2) is 0 Å². The number of nitrogens with one attached hydrogen (secondary N) is 1. The zero-order chi connectivity index (χ0) is 12.8. The summed E-state index contributed by atoms with van der Waals surface area (Å²) in [4.78, 5) is 10.7. The molecule has 0 radical (unpaired) electrons. The van der Waals surface area contributed by atoms with Crippen LogP contribution in [0.4, 0.5) is 0 Å². The standard InChI is InChI=1S/C12H17BrN2O2/c1-8(5-12(14)17)15-7-11(16)9-3-2-4-10(13)6-9/h2-4,6,8,11,15-16H,5,7H2,1H3,(H2,14,17). The second-order valence-corrected chi connectivity index (χ2v) is 4.97. The molecule has 0 aliphatic rings. The molecule has 0 aliphatic heterocycles. The first-order chi connectivity index (χ1) is 7.99. The monoisotopic (exact) mass is 300 g/mol. The summed E-state index contributed by atoms with van der Waals surface area (Å²) in [7, 11) is 0. The summed E-state index contributed by atoms with van der Waals surface area (Å²) in [6.07, 6.45) is -0.326. The Bertz CT molecular complexity index is 385. The third kappa shape index (κ3) is 5.30. The van der Waals surface area contributed by atoms with Gasteiger partial charge in [-0.2, -0.15) is 0 Å². The molecule has 1 amide bonds. The summed E-state index contributed by atoms with van der Waals surface area (Å²) >= 11 is 3.35. The van der Waals surface area contributed by atoms with Crippen molar-refractivity contribution in [3.63, 3.8) is 0 Å². The highest BCUT2D eigenvalue weighted by atomic mass is 79.9. The molecule has 0 aliphatic carbocycles. The normalized spacial score (nSPS) is 14.3. The molecule has 4 N–H and O–H groups in total. The molecule has 4 nitrogen and oxygen atoms in total. The number of benzene rings is 1. The minimum absolute atomic E-state index is 0.0331. The first-order valence-corrected chi connectivity index (χ1v) is 6.23. The minimum atomic E-state index is -0.595. The van der Waals surface area contributed by atoms with Gasteiger partial charge in [0.2, 0.25) is 5.91 Å². The molecule has 0 saturated heterocycles. The molecule has 0 fully saturated rings. The van der Waals surface area contributed by atoms with Crippen molar-refractivity contribution in [1.82, 2.24) is 5.32 Å². The molecule has 1 aromatic carbocycles. The molecule has 1 aromatic rings. The Labute approximate surface area is 109 Å². The van der Waals surface area contributed by atoms with E-state index in [1.807, 2.05) is 31.2 Å². The van der Waals surface area contributed by atoms with Crippen molar-refractivity contribution in [3.8, 4) is 0 Å². The van der Waals surface area contributed by atoms with Crippen LogP contribution in [-0.4, -0.2) is 23.6 Å². The number of halogens is 1. The molecule has 1 rings (SSSR count). The van der Waals surface area contributed by atoms with Crippen LogP contribution in [0.25, 0.3) is 0 Å². The van der Waals surface area contributed by atoms with Gasteiger partial charge in [0.25, 0.3) is 0 Å². The summed E-state index contributed by atoms with van der Waals surface area (Å²) < 4.78 is 0.930. The number of hydrogen-bond donors (Lipinski definition) is 3. The van der Waals surface area contributed by atoms with Gasteiger partial charge < -0.3 is 16.2 Å². The third-order valence-corrected chi connectivity index (χ3v) is 2.89. The van der Waals surface area contributed by atoms with E-state index in [1.54, 1.807) is 0 Å². The number of aliphatic hydroxyl groups is 1. The molecule has 2 unspecified atom stereocenters. The summed E-state index contributed by atoms with van der Waals surface area (Å²) in [5.74, 6) is -0.345. The molecular weight excluding hydrogens is 284 g/mol. The van der Waals surface area contributed by atoms with Crippen LogP contribution in [0.2, 0.25) is 0 Å². The molecule has 0 saturated carbocycles. The van der Waals surface area contributed by atoms with Crippen LogP contribution in [0.5, 0.6) is 0 Å². The lowest BCUT2D eigenvalue weighted by molar-refractivity contribution is -0.118. The first kappa shape index (κ1) is 14.2. The lowest BCUT2D eigenvalue weighted by Gasteiger charge is -2.16. The maximum Gasteiger partial charge on any atom is 0.218 e. The van der Waals surface area contributed by atoms with Gasteiger partial charge in [-0.15, -0.1) is 0 Å². The topological polar surface area (TPSA) is 75.4 Å². The van der Waals surface area contributed by atoms with Crippen molar-refractivity contribution < 1.29 is 9.90 Å². The van der Waals surface area contributed by atoms with Gasteiger partial charge >= 0.3 is 0 Å². The fourth-order valence-corrected chi connectivity index (χ4v) is 1.94. The van der Waals surface area contributed by atoms with Crippen molar-refractivity contribution in [2.75, 3.05) is 6.54 Å². The highest BCUT2D eigenvalue weighted by molar-refractivity contribution is 9.10. The van der Waals surface area contributed by atoms with E-state index in [9.17, 15) is 9.90 Å². The van der Waals surface area contributed by atoms with Crippen LogP contribution in [0.15, 0.2) is 28.7 Å². The van der Waals surface area contributed by atoms with Crippen molar-refractivity contribution in [1.29, 1.82) is 0 Å². The Hall–Kier alpha value is -0.910. The summed E-state index contributed by atoms with van der Waals surface area (Å²) in [5.41, 5.74) is 5.91. The molecule has 0 aromatic heterocycles. The second-order valence-electron chi connectivity index (χ2n) is 4.05. The zero-order valence-electron chi connectivity index (χ0n) is 9.69. The van der Waals surface area contributed by atoms with Gasteiger partial charge in [0.05, 0.1) is 6.10 Å². The van der Waals surface area contributed by atoms with E-state index in [2.05, 4.69) is 21.2 Å². The smallest absolute Gasteiger partial charge is 0.218 e. The maximum absolute atomic E-state index is 10.7. The molecule has 2 atom stereocenters. The summed E-state index contributed by atoms with van der Waals surface area (Å²) in [5, 5.41) is 13.0. The zero-order valence-corrected chi connectivity index (χ0v) is 11.3. The van der Waals surface area contributed by atoms with E-state index >= 15 is 0 Å². The van der Waals surface area contributed by atoms with Gasteiger partial charge in [-0.05, 0) is 24.6 Å². The SMILES string of the molecule is CC(CC(N)=O)NCC(O)c1cccc(Br)c1. The fraction of sp³-hybridized carbons (Fsp3) is 0.417. The Morgan fingerprint density at radius 3 is 2.88 bits per heavy atom. The third-order valence-electron chi connectivity index (χ3n) is 2.40. The molecule has 0 bridgehead atoms. The first-order valence-electron chi connectivity index (χ1n) is 5.44. The molecule has 17 heavy (non-hydrogen) atoms. The number of hydrogen-bond acceptors (Lipinski definition) is 3. The molecule has 94 valence electrons. The Morgan fingerprint density at radius 2 is 2.29 bits per heavy atom. The molecule has 0 spiro atoms. The Kier molecular flexibility index (Phi) is 5.61. The van der Waals surface area contributed by atoms with Crippen LogP contribution in [0, 0.1) is 0 Å². The van der Waals surface area contributed by atoms with Gasteiger partial charge in [0.15, 0.2) is 0 Å². The van der Waals surface area contributed by atoms with Crippen LogP contribution in [0.3, 0.4) is 0 Å². The van der Waals surface area contributed by atoms with Gasteiger partial charge in [-0.3, -0.25) is 4.79 Å².